The van der Waals surface area contributed by atoms with E-state index in [0.29, 0.717) is 31.5 Å². The van der Waals surface area contributed by atoms with Gasteiger partial charge in [0.15, 0.2) is 17.5 Å². The summed E-state index contributed by atoms with van der Waals surface area (Å²) < 4.78 is 11.2. The Labute approximate surface area is 137 Å². The van der Waals surface area contributed by atoms with E-state index in [0.717, 1.165) is 17.9 Å². The Morgan fingerprint density at radius 3 is 2.52 bits per heavy atom. The van der Waals surface area contributed by atoms with Crippen LogP contribution in [0.25, 0.3) is 0 Å². The number of ether oxygens (including phenoxy) is 2. The largest absolute Gasteiger partial charge is 0.490 e. The number of rotatable bonds is 4. The summed E-state index contributed by atoms with van der Waals surface area (Å²) in [4.78, 5) is 4.34. The van der Waals surface area contributed by atoms with Gasteiger partial charge in [0.25, 0.3) is 0 Å². The van der Waals surface area contributed by atoms with Crippen molar-refractivity contribution in [3.8, 4) is 11.5 Å². The highest BCUT2D eigenvalue weighted by molar-refractivity contribution is 5.92. The third-order valence-corrected chi connectivity index (χ3v) is 4.32. The van der Waals surface area contributed by atoms with Crippen LogP contribution in [-0.4, -0.2) is 36.4 Å². The summed E-state index contributed by atoms with van der Waals surface area (Å²) in [6.07, 6.45) is 0.868. The lowest BCUT2D eigenvalue weighted by atomic mass is 9.77. The molecule has 6 nitrogen and oxygen atoms in total. The van der Waals surface area contributed by atoms with E-state index in [1.54, 1.807) is 13.8 Å². The first-order chi connectivity index (χ1) is 10.7. The van der Waals surface area contributed by atoms with E-state index < -0.39 is 5.60 Å². The van der Waals surface area contributed by atoms with Crippen LogP contribution >= 0.6 is 0 Å². The lowest BCUT2D eigenvalue weighted by molar-refractivity contribution is -0.0289. The second-order valence-corrected chi connectivity index (χ2v) is 6.98. The maximum atomic E-state index is 10.1. The maximum absolute atomic E-state index is 10.1. The molecule has 0 aliphatic carbocycles. The van der Waals surface area contributed by atoms with Crippen LogP contribution in [0, 0.1) is 5.41 Å². The zero-order chi connectivity index (χ0) is 17.1. The first-order valence-corrected chi connectivity index (χ1v) is 7.88. The molecule has 6 heteroatoms. The van der Waals surface area contributed by atoms with Crippen LogP contribution < -0.4 is 20.5 Å². The van der Waals surface area contributed by atoms with Gasteiger partial charge in [0.05, 0.1) is 25.4 Å². The van der Waals surface area contributed by atoms with E-state index in [-0.39, 0.29) is 5.41 Å². The summed E-state index contributed by atoms with van der Waals surface area (Å²) >= 11 is 0. The molecule has 1 aliphatic rings. The number of hydrogen-bond donors (Lipinski definition) is 3. The minimum Gasteiger partial charge on any atom is -0.490 e. The first-order valence-electron chi connectivity index (χ1n) is 7.88. The molecule has 0 amide bonds. The zero-order valence-corrected chi connectivity index (χ0v) is 14.3. The van der Waals surface area contributed by atoms with Crippen LogP contribution in [0.5, 0.6) is 11.5 Å². The molecule has 1 aromatic rings. The van der Waals surface area contributed by atoms with E-state index in [4.69, 9.17) is 15.2 Å². The highest BCUT2D eigenvalue weighted by Gasteiger charge is 2.34. The predicted molar refractivity (Wildman–Crippen MR) is 92.2 cm³/mol. The minimum absolute atomic E-state index is 0.303. The maximum Gasteiger partial charge on any atom is 0.193 e. The summed E-state index contributed by atoms with van der Waals surface area (Å²) in [6.45, 7) is 9.18. The Morgan fingerprint density at radius 2 is 1.87 bits per heavy atom. The third-order valence-electron chi connectivity index (χ3n) is 4.32. The summed E-state index contributed by atoms with van der Waals surface area (Å²) in [5.74, 6) is 1.75. The quantitative estimate of drug-likeness (QED) is 0.585. The van der Waals surface area contributed by atoms with Crippen molar-refractivity contribution < 1.29 is 14.6 Å². The van der Waals surface area contributed by atoms with Gasteiger partial charge >= 0.3 is 0 Å². The second-order valence-electron chi connectivity index (χ2n) is 6.98. The van der Waals surface area contributed by atoms with Crippen molar-refractivity contribution in [1.29, 1.82) is 0 Å². The van der Waals surface area contributed by atoms with E-state index in [2.05, 4.69) is 10.3 Å². The number of aliphatic imine (C=N–C) groups is 1. The Morgan fingerprint density at radius 1 is 1.22 bits per heavy atom. The molecule has 2 rings (SSSR count). The average Bonchev–Trinajstić information content (AvgIpc) is 2.69. The Balaban J connectivity index is 2.04. The summed E-state index contributed by atoms with van der Waals surface area (Å²) in [7, 11) is 0. The molecule has 0 atom stereocenters. The van der Waals surface area contributed by atoms with Gasteiger partial charge in [-0.25, -0.2) is 0 Å². The number of nitrogens with two attached hydrogens (primary N) is 1. The third kappa shape index (κ3) is 4.51. The van der Waals surface area contributed by atoms with E-state index in [1.165, 1.54) is 0 Å². The first kappa shape index (κ1) is 17.4. The molecule has 0 radical (unpaired) electrons. The smallest absolute Gasteiger partial charge is 0.193 e. The fourth-order valence-electron chi connectivity index (χ4n) is 1.90. The van der Waals surface area contributed by atoms with E-state index in [9.17, 15) is 5.11 Å². The van der Waals surface area contributed by atoms with Gasteiger partial charge in [-0.15, -0.1) is 0 Å². The van der Waals surface area contributed by atoms with Crippen LogP contribution in [0.3, 0.4) is 0 Å². The van der Waals surface area contributed by atoms with Gasteiger partial charge in [0.2, 0.25) is 0 Å². The van der Waals surface area contributed by atoms with Gasteiger partial charge < -0.3 is 25.6 Å². The lowest BCUT2D eigenvalue weighted by Crippen LogP contribution is -2.41. The second kappa shape index (κ2) is 6.66. The molecule has 23 heavy (non-hydrogen) atoms. The number of guanidine groups is 1. The molecular formula is C17H27N3O3. The van der Waals surface area contributed by atoms with Crippen molar-refractivity contribution in [3.05, 3.63) is 18.2 Å². The van der Waals surface area contributed by atoms with Crippen LogP contribution in [0.15, 0.2) is 23.2 Å². The molecule has 1 heterocycles. The molecule has 0 unspecified atom stereocenters. The monoisotopic (exact) mass is 321 g/mol. The van der Waals surface area contributed by atoms with Gasteiger partial charge in [-0.2, -0.15) is 0 Å². The van der Waals surface area contributed by atoms with Crippen molar-refractivity contribution in [2.45, 2.75) is 39.7 Å². The summed E-state index contributed by atoms with van der Waals surface area (Å²) in [6, 6.07) is 5.58. The minimum atomic E-state index is -0.841. The van der Waals surface area contributed by atoms with Gasteiger partial charge in [-0.05, 0) is 26.0 Å². The molecule has 128 valence electrons. The molecule has 1 aromatic carbocycles. The van der Waals surface area contributed by atoms with E-state index >= 15 is 0 Å². The highest BCUT2D eigenvalue weighted by Crippen LogP contribution is 2.32. The molecule has 0 bridgehead atoms. The SMILES string of the molecule is CC(C)(O)C(C)(C)CN=C(N)Nc1ccc2c(c1)OCCCO2. The molecule has 0 saturated heterocycles. The topological polar surface area (TPSA) is 89.1 Å². The number of nitrogens with zero attached hydrogens (tertiary/aromatic N) is 1. The van der Waals surface area contributed by atoms with Crippen molar-refractivity contribution in [3.63, 3.8) is 0 Å². The fourth-order valence-corrected chi connectivity index (χ4v) is 1.90. The number of aliphatic hydroxyl groups is 1. The number of hydrogen-bond acceptors (Lipinski definition) is 4. The predicted octanol–water partition coefficient (Wildman–Crippen LogP) is 2.37. The van der Waals surface area contributed by atoms with Gasteiger partial charge in [-0.3, -0.25) is 4.99 Å². The highest BCUT2D eigenvalue weighted by atomic mass is 16.5. The van der Waals surface area contributed by atoms with Crippen molar-refractivity contribution in [1.82, 2.24) is 0 Å². The van der Waals surface area contributed by atoms with Crippen molar-refractivity contribution in [2.75, 3.05) is 25.1 Å². The van der Waals surface area contributed by atoms with Crippen molar-refractivity contribution in [2.24, 2.45) is 16.1 Å². The normalized spacial score (nSPS) is 16.0. The van der Waals surface area contributed by atoms with Gasteiger partial charge in [0.1, 0.15) is 0 Å². The molecule has 1 aliphatic heterocycles. The van der Waals surface area contributed by atoms with E-state index in [1.807, 2.05) is 32.0 Å². The lowest BCUT2D eigenvalue weighted by Gasteiger charge is -2.35. The fraction of sp³-hybridized carbons (Fsp3) is 0.588. The zero-order valence-electron chi connectivity index (χ0n) is 14.3. The standard InChI is InChI=1S/C17H27N3O3/c1-16(2,17(3,4)21)11-19-15(18)20-12-6-7-13-14(10-12)23-9-5-8-22-13/h6-7,10,21H,5,8-9,11H2,1-4H3,(H3,18,19,20). The molecule has 0 fully saturated rings. The van der Waals surface area contributed by atoms with Crippen LogP contribution in [0.2, 0.25) is 0 Å². The molecule has 0 spiro atoms. The molecule has 0 saturated carbocycles. The molecule has 0 aromatic heterocycles. The average molecular weight is 321 g/mol. The Kier molecular flexibility index (Phi) is 5.04. The number of fused-ring (bicyclic) bond motifs is 1. The Bertz CT molecular complexity index is 577. The van der Waals surface area contributed by atoms with Gasteiger partial charge in [0, 0.05) is 23.6 Å². The molecule has 4 N–H and O–H groups in total. The summed E-state index contributed by atoms with van der Waals surface area (Å²) in [5, 5.41) is 13.2. The van der Waals surface area contributed by atoms with Crippen LogP contribution in [-0.2, 0) is 0 Å². The van der Waals surface area contributed by atoms with Crippen LogP contribution in [0.1, 0.15) is 34.1 Å². The van der Waals surface area contributed by atoms with Gasteiger partial charge in [-0.1, -0.05) is 13.8 Å². The Hall–Kier alpha value is -1.95. The van der Waals surface area contributed by atoms with Crippen LogP contribution in [0.4, 0.5) is 5.69 Å². The number of nitrogens with one attached hydrogen (secondary N) is 1. The number of anilines is 1. The van der Waals surface area contributed by atoms with Crippen molar-refractivity contribution >= 4 is 11.6 Å². The number of benzene rings is 1. The summed E-state index contributed by atoms with van der Waals surface area (Å²) in [5.41, 5.74) is 5.51. The molecular weight excluding hydrogens is 294 g/mol.